The number of hydrogen-bond acceptors (Lipinski definition) is 6. The van der Waals surface area contributed by atoms with Gasteiger partial charge in [0.05, 0.1) is 18.8 Å². The first-order chi connectivity index (χ1) is 13.1. The number of nitrogens with zero attached hydrogens (tertiary/aromatic N) is 6. The van der Waals surface area contributed by atoms with Crippen LogP contribution < -0.4 is 4.74 Å². The van der Waals surface area contributed by atoms with Crippen LogP contribution in [0.4, 0.5) is 0 Å². The third kappa shape index (κ3) is 5.03. The zero-order chi connectivity index (χ0) is 19.2. The molecule has 1 amide bonds. The topological polar surface area (TPSA) is 76.4 Å². The van der Waals surface area contributed by atoms with E-state index in [4.69, 9.17) is 4.74 Å². The standard InChI is InChI=1S/C19H28N6O2/c1-4-27-17-7-5-16(6-8-17)25-18(20-21-22-25)14-23-9-11-24(12-10-23)19(26)13-15(2)3/h5-8,15H,4,9-14H2,1-3H3. The van der Waals surface area contributed by atoms with Crippen molar-refractivity contribution in [3.63, 3.8) is 0 Å². The predicted molar refractivity (Wildman–Crippen MR) is 102 cm³/mol. The van der Waals surface area contributed by atoms with Gasteiger partial charge in [0.25, 0.3) is 0 Å². The van der Waals surface area contributed by atoms with Crippen LogP contribution >= 0.6 is 0 Å². The van der Waals surface area contributed by atoms with Crippen molar-refractivity contribution in [2.45, 2.75) is 33.7 Å². The Balaban J connectivity index is 1.58. The van der Waals surface area contributed by atoms with E-state index in [0.717, 1.165) is 43.4 Å². The van der Waals surface area contributed by atoms with Crippen LogP contribution in [0.3, 0.4) is 0 Å². The Morgan fingerprint density at radius 1 is 1.15 bits per heavy atom. The molecule has 1 aliphatic heterocycles. The summed E-state index contributed by atoms with van der Waals surface area (Å²) in [5, 5.41) is 12.2. The first-order valence-electron chi connectivity index (χ1n) is 9.57. The van der Waals surface area contributed by atoms with Crippen molar-refractivity contribution < 1.29 is 9.53 Å². The molecule has 1 aliphatic rings. The van der Waals surface area contributed by atoms with E-state index in [-0.39, 0.29) is 5.91 Å². The number of hydrogen-bond donors (Lipinski definition) is 0. The van der Waals surface area contributed by atoms with Crippen LogP contribution in [0.25, 0.3) is 5.69 Å². The molecule has 0 unspecified atom stereocenters. The molecule has 146 valence electrons. The van der Waals surface area contributed by atoms with E-state index in [1.54, 1.807) is 4.68 Å². The van der Waals surface area contributed by atoms with Gasteiger partial charge in [-0.25, -0.2) is 0 Å². The van der Waals surface area contributed by atoms with Gasteiger partial charge >= 0.3 is 0 Å². The highest BCUT2D eigenvalue weighted by Crippen LogP contribution is 2.16. The number of carbonyl (C=O) groups is 1. The molecule has 8 heteroatoms. The lowest BCUT2D eigenvalue weighted by Crippen LogP contribution is -2.48. The first kappa shape index (κ1) is 19.3. The Bertz CT molecular complexity index is 735. The quantitative estimate of drug-likeness (QED) is 0.737. The van der Waals surface area contributed by atoms with Crippen molar-refractivity contribution in [1.29, 1.82) is 0 Å². The summed E-state index contributed by atoms with van der Waals surface area (Å²) in [7, 11) is 0. The van der Waals surface area contributed by atoms with Gasteiger partial charge in [-0.15, -0.1) is 5.10 Å². The van der Waals surface area contributed by atoms with E-state index in [1.807, 2.05) is 36.1 Å². The molecule has 1 aromatic heterocycles. The molecule has 0 atom stereocenters. The molecule has 0 radical (unpaired) electrons. The summed E-state index contributed by atoms with van der Waals surface area (Å²) in [6.45, 7) is 10.6. The van der Waals surface area contributed by atoms with Crippen molar-refractivity contribution in [2.75, 3.05) is 32.8 Å². The van der Waals surface area contributed by atoms with E-state index >= 15 is 0 Å². The van der Waals surface area contributed by atoms with E-state index < -0.39 is 0 Å². The molecular formula is C19H28N6O2. The van der Waals surface area contributed by atoms with Crippen molar-refractivity contribution in [2.24, 2.45) is 5.92 Å². The van der Waals surface area contributed by atoms with Crippen LogP contribution in [0.1, 0.15) is 33.0 Å². The number of amides is 1. The Kier molecular flexibility index (Phi) is 6.39. The highest BCUT2D eigenvalue weighted by Gasteiger charge is 2.23. The van der Waals surface area contributed by atoms with Gasteiger partial charge in [0.15, 0.2) is 5.82 Å². The molecule has 27 heavy (non-hydrogen) atoms. The number of aromatic nitrogens is 4. The molecule has 0 spiro atoms. The maximum absolute atomic E-state index is 12.2. The summed E-state index contributed by atoms with van der Waals surface area (Å²) in [5.41, 5.74) is 0.907. The summed E-state index contributed by atoms with van der Waals surface area (Å²) >= 11 is 0. The average molecular weight is 372 g/mol. The normalized spacial score (nSPS) is 15.3. The van der Waals surface area contributed by atoms with Gasteiger partial charge in [-0.2, -0.15) is 4.68 Å². The molecule has 0 bridgehead atoms. The molecule has 2 aromatic rings. The molecule has 8 nitrogen and oxygen atoms in total. The van der Waals surface area contributed by atoms with Crippen LogP contribution in [-0.4, -0.2) is 68.7 Å². The second-order valence-corrected chi connectivity index (χ2v) is 7.19. The largest absolute Gasteiger partial charge is 0.494 e. The number of tetrazole rings is 1. The minimum absolute atomic E-state index is 0.254. The molecular weight excluding hydrogens is 344 g/mol. The molecule has 1 aromatic carbocycles. The van der Waals surface area contributed by atoms with Gasteiger partial charge < -0.3 is 9.64 Å². The monoisotopic (exact) mass is 372 g/mol. The second kappa shape index (κ2) is 8.94. The second-order valence-electron chi connectivity index (χ2n) is 7.19. The van der Waals surface area contributed by atoms with E-state index in [1.165, 1.54) is 0 Å². The van der Waals surface area contributed by atoms with Crippen LogP contribution in [0.5, 0.6) is 5.75 Å². The van der Waals surface area contributed by atoms with Crippen molar-refractivity contribution >= 4 is 5.91 Å². The third-order valence-corrected chi connectivity index (χ3v) is 4.60. The minimum Gasteiger partial charge on any atom is -0.494 e. The fraction of sp³-hybridized carbons (Fsp3) is 0.579. The van der Waals surface area contributed by atoms with E-state index in [2.05, 4.69) is 34.3 Å². The van der Waals surface area contributed by atoms with Crippen molar-refractivity contribution in [3.8, 4) is 11.4 Å². The molecule has 0 saturated carbocycles. The van der Waals surface area contributed by atoms with Gasteiger partial charge in [-0.05, 0) is 47.5 Å². The van der Waals surface area contributed by atoms with Gasteiger partial charge in [-0.3, -0.25) is 9.69 Å². The molecule has 1 saturated heterocycles. The average Bonchev–Trinajstić information content (AvgIpc) is 3.11. The summed E-state index contributed by atoms with van der Waals surface area (Å²) < 4.78 is 7.24. The summed E-state index contributed by atoms with van der Waals surface area (Å²) in [6, 6.07) is 7.74. The van der Waals surface area contributed by atoms with Crippen molar-refractivity contribution in [3.05, 3.63) is 30.1 Å². The lowest BCUT2D eigenvalue weighted by molar-refractivity contribution is -0.133. The van der Waals surface area contributed by atoms with Gasteiger partial charge in [0.1, 0.15) is 5.75 Å². The van der Waals surface area contributed by atoms with Crippen LogP contribution in [0.15, 0.2) is 24.3 Å². The highest BCUT2D eigenvalue weighted by atomic mass is 16.5. The minimum atomic E-state index is 0.254. The zero-order valence-electron chi connectivity index (χ0n) is 16.3. The van der Waals surface area contributed by atoms with Crippen LogP contribution in [0, 0.1) is 5.92 Å². The predicted octanol–water partition coefficient (Wildman–Crippen LogP) is 1.75. The highest BCUT2D eigenvalue weighted by molar-refractivity contribution is 5.76. The fourth-order valence-corrected chi connectivity index (χ4v) is 3.19. The summed E-state index contributed by atoms with van der Waals surface area (Å²) in [5.74, 6) is 2.28. The SMILES string of the molecule is CCOc1ccc(-n2nnnc2CN2CCN(C(=O)CC(C)C)CC2)cc1. The van der Waals surface area contributed by atoms with Crippen LogP contribution in [0.2, 0.25) is 0 Å². The van der Waals surface area contributed by atoms with Gasteiger partial charge in [0.2, 0.25) is 5.91 Å². The molecule has 1 fully saturated rings. The summed E-state index contributed by atoms with van der Waals surface area (Å²) in [4.78, 5) is 16.5. The van der Waals surface area contributed by atoms with E-state index in [9.17, 15) is 4.79 Å². The number of benzene rings is 1. The molecule has 2 heterocycles. The Hall–Kier alpha value is -2.48. The third-order valence-electron chi connectivity index (χ3n) is 4.60. The lowest BCUT2D eigenvalue weighted by Gasteiger charge is -2.34. The maximum atomic E-state index is 12.2. The number of ether oxygens (including phenoxy) is 1. The Morgan fingerprint density at radius 3 is 2.48 bits per heavy atom. The smallest absolute Gasteiger partial charge is 0.222 e. The molecule has 0 aliphatic carbocycles. The fourth-order valence-electron chi connectivity index (χ4n) is 3.19. The molecule has 3 rings (SSSR count). The summed E-state index contributed by atoms with van der Waals surface area (Å²) in [6.07, 6.45) is 0.621. The number of rotatable bonds is 7. The van der Waals surface area contributed by atoms with Crippen LogP contribution in [-0.2, 0) is 11.3 Å². The zero-order valence-corrected chi connectivity index (χ0v) is 16.3. The molecule has 0 N–H and O–H groups in total. The first-order valence-corrected chi connectivity index (χ1v) is 9.57. The number of carbonyl (C=O) groups excluding carboxylic acids is 1. The van der Waals surface area contributed by atoms with Crippen molar-refractivity contribution in [1.82, 2.24) is 30.0 Å². The maximum Gasteiger partial charge on any atom is 0.222 e. The van der Waals surface area contributed by atoms with Gasteiger partial charge in [-0.1, -0.05) is 13.8 Å². The van der Waals surface area contributed by atoms with Gasteiger partial charge in [0, 0.05) is 32.6 Å². The Labute approximate surface area is 160 Å². The van der Waals surface area contributed by atoms with E-state index in [0.29, 0.717) is 25.5 Å². The number of piperazine rings is 1. The Morgan fingerprint density at radius 2 is 1.85 bits per heavy atom. The lowest BCUT2D eigenvalue weighted by atomic mass is 10.1.